The fraction of sp³-hybridized carbons (Fsp3) is 0.533. The first kappa shape index (κ1) is 14.8. The Hall–Kier alpha value is -1.62. The summed E-state index contributed by atoms with van der Waals surface area (Å²) in [5.41, 5.74) is 6.42. The molecule has 0 spiro atoms. The van der Waals surface area contributed by atoms with Crippen molar-refractivity contribution in [1.29, 1.82) is 0 Å². The molecule has 0 bridgehead atoms. The summed E-state index contributed by atoms with van der Waals surface area (Å²) in [7, 11) is 1.39. The number of likely N-dealkylation sites (tertiary alicyclic amines) is 1. The molecule has 1 amide bonds. The Morgan fingerprint density at radius 1 is 1.50 bits per heavy atom. The first-order valence-corrected chi connectivity index (χ1v) is 6.94. The predicted molar refractivity (Wildman–Crippen MR) is 75.3 cm³/mol. The third-order valence-corrected chi connectivity index (χ3v) is 3.82. The molecule has 0 aliphatic carbocycles. The Labute approximate surface area is 118 Å². The molecule has 2 unspecified atom stereocenters. The average Bonchev–Trinajstić information content (AvgIpc) is 2.47. The number of ether oxygens (including phenoxy) is 1. The van der Waals surface area contributed by atoms with Gasteiger partial charge in [0, 0.05) is 24.2 Å². The predicted octanol–water partition coefficient (Wildman–Crippen LogP) is 2.18. The van der Waals surface area contributed by atoms with E-state index in [-0.39, 0.29) is 23.7 Å². The highest BCUT2D eigenvalue weighted by atomic mass is 19.1. The molecule has 2 atom stereocenters. The summed E-state index contributed by atoms with van der Waals surface area (Å²) in [5, 5.41) is 0. The van der Waals surface area contributed by atoms with Gasteiger partial charge in [-0.25, -0.2) is 4.39 Å². The summed E-state index contributed by atoms with van der Waals surface area (Å²) in [6.07, 6.45) is 2.98. The van der Waals surface area contributed by atoms with Crippen molar-refractivity contribution in [3.05, 3.63) is 29.6 Å². The van der Waals surface area contributed by atoms with Crippen LogP contribution in [-0.2, 0) is 0 Å². The summed E-state index contributed by atoms with van der Waals surface area (Å²) in [4.78, 5) is 14.4. The van der Waals surface area contributed by atoms with Crippen molar-refractivity contribution >= 4 is 5.91 Å². The van der Waals surface area contributed by atoms with Crippen LogP contribution >= 0.6 is 0 Å². The number of nitrogens with zero attached hydrogens (tertiary/aromatic N) is 1. The van der Waals surface area contributed by atoms with Crippen LogP contribution in [0.4, 0.5) is 4.39 Å². The van der Waals surface area contributed by atoms with Crippen LogP contribution < -0.4 is 10.5 Å². The summed E-state index contributed by atoms with van der Waals surface area (Å²) in [5.74, 6) is -0.484. The van der Waals surface area contributed by atoms with E-state index >= 15 is 0 Å². The van der Waals surface area contributed by atoms with Crippen molar-refractivity contribution in [2.45, 2.75) is 38.3 Å². The molecule has 1 fully saturated rings. The van der Waals surface area contributed by atoms with Gasteiger partial charge >= 0.3 is 0 Å². The number of nitrogens with two attached hydrogens (primary N) is 1. The molecule has 0 aromatic heterocycles. The van der Waals surface area contributed by atoms with Gasteiger partial charge in [-0.1, -0.05) is 0 Å². The van der Waals surface area contributed by atoms with Crippen LogP contribution in [0.5, 0.6) is 5.75 Å². The van der Waals surface area contributed by atoms with Crippen molar-refractivity contribution in [1.82, 2.24) is 4.90 Å². The number of halogens is 1. The Morgan fingerprint density at radius 3 is 2.90 bits per heavy atom. The summed E-state index contributed by atoms with van der Waals surface area (Å²) in [6.45, 7) is 2.62. The minimum atomic E-state index is -0.466. The molecule has 1 aromatic carbocycles. The lowest BCUT2D eigenvalue weighted by atomic mass is 9.96. The van der Waals surface area contributed by atoms with Crippen molar-refractivity contribution < 1.29 is 13.9 Å². The molecule has 20 heavy (non-hydrogen) atoms. The molecule has 1 heterocycles. The number of hydrogen-bond acceptors (Lipinski definition) is 3. The number of benzene rings is 1. The molecule has 5 heteroatoms. The first-order chi connectivity index (χ1) is 9.54. The number of rotatable bonds is 3. The number of methoxy groups -OCH3 is 1. The highest BCUT2D eigenvalue weighted by Crippen LogP contribution is 2.24. The molecular formula is C15H21FN2O2. The van der Waals surface area contributed by atoms with Gasteiger partial charge in [0.1, 0.15) is 0 Å². The molecule has 1 aliphatic heterocycles. The van der Waals surface area contributed by atoms with Crippen molar-refractivity contribution in [2.24, 2.45) is 5.73 Å². The lowest BCUT2D eigenvalue weighted by Gasteiger charge is -2.38. The standard InChI is InChI=1S/C15H21FN2O2/c1-10(17)13-5-3-4-8-18(13)15(19)11-6-7-12(16)14(9-11)20-2/h6-7,9-10,13H,3-5,8,17H2,1-2H3. The van der Waals surface area contributed by atoms with Gasteiger partial charge in [-0.3, -0.25) is 4.79 Å². The van der Waals surface area contributed by atoms with Crippen LogP contribution in [0.15, 0.2) is 18.2 Å². The van der Waals surface area contributed by atoms with E-state index in [9.17, 15) is 9.18 Å². The van der Waals surface area contributed by atoms with E-state index in [4.69, 9.17) is 10.5 Å². The third-order valence-electron chi connectivity index (χ3n) is 3.82. The van der Waals surface area contributed by atoms with Gasteiger partial charge in [0.25, 0.3) is 5.91 Å². The second-order valence-electron chi connectivity index (χ2n) is 5.27. The largest absolute Gasteiger partial charge is 0.494 e. The van der Waals surface area contributed by atoms with Crippen LogP contribution in [0.1, 0.15) is 36.5 Å². The van der Waals surface area contributed by atoms with E-state index < -0.39 is 5.82 Å². The minimum absolute atomic E-state index is 0.0484. The normalized spacial score (nSPS) is 20.6. The monoisotopic (exact) mass is 280 g/mol. The molecule has 1 aromatic rings. The molecule has 2 rings (SSSR count). The fourth-order valence-electron chi connectivity index (χ4n) is 2.71. The van der Waals surface area contributed by atoms with E-state index in [0.29, 0.717) is 12.1 Å². The minimum Gasteiger partial charge on any atom is -0.494 e. The van der Waals surface area contributed by atoms with Gasteiger partial charge in [-0.15, -0.1) is 0 Å². The van der Waals surface area contributed by atoms with E-state index in [0.717, 1.165) is 19.3 Å². The summed E-state index contributed by atoms with van der Waals surface area (Å²) < 4.78 is 18.3. The SMILES string of the molecule is COc1cc(C(=O)N2CCCCC2C(C)N)ccc1F. The summed E-state index contributed by atoms with van der Waals surface area (Å²) in [6, 6.07) is 4.18. The molecule has 0 saturated carbocycles. The Morgan fingerprint density at radius 2 is 2.25 bits per heavy atom. The van der Waals surface area contributed by atoms with E-state index in [1.807, 2.05) is 6.92 Å². The number of piperidine rings is 1. The second-order valence-corrected chi connectivity index (χ2v) is 5.27. The zero-order chi connectivity index (χ0) is 14.7. The first-order valence-electron chi connectivity index (χ1n) is 6.94. The van der Waals surface area contributed by atoms with Crippen LogP contribution in [0, 0.1) is 5.82 Å². The van der Waals surface area contributed by atoms with Crippen molar-refractivity contribution in [3.8, 4) is 5.75 Å². The number of amides is 1. The zero-order valence-corrected chi connectivity index (χ0v) is 11.9. The maximum absolute atomic E-state index is 13.4. The Kier molecular flexibility index (Phi) is 4.60. The van der Waals surface area contributed by atoms with Crippen LogP contribution in [0.2, 0.25) is 0 Å². The van der Waals surface area contributed by atoms with E-state index in [2.05, 4.69) is 0 Å². The molecule has 4 nitrogen and oxygen atoms in total. The lowest BCUT2D eigenvalue weighted by Crippen LogP contribution is -2.51. The smallest absolute Gasteiger partial charge is 0.254 e. The molecule has 1 aliphatic rings. The van der Waals surface area contributed by atoms with Crippen LogP contribution in [0.25, 0.3) is 0 Å². The number of carbonyl (C=O) groups excluding carboxylic acids is 1. The molecule has 0 radical (unpaired) electrons. The van der Waals surface area contributed by atoms with Gasteiger partial charge < -0.3 is 15.4 Å². The highest BCUT2D eigenvalue weighted by molar-refractivity contribution is 5.95. The maximum Gasteiger partial charge on any atom is 0.254 e. The molecule has 110 valence electrons. The van der Waals surface area contributed by atoms with Crippen LogP contribution in [0.3, 0.4) is 0 Å². The topological polar surface area (TPSA) is 55.6 Å². The number of hydrogen-bond donors (Lipinski definition) is 1. The van der Waals surface area contributed by atoms with Crippen molar-refractivity contribution in [3.63, 3.8) is 0 Å². The Balaban J connectivity index is 2.25. The molecule has 1 saturated heterocycles. The maximum atomic E-state index is 13.4. The van der Waals surface area contributed by atoms with Crippen LogP contribution in [-0.4, -0.2) is 36.5 Å². The van der Waals surface area contributed by atoms with Gasteiger partial charge in [0.15, 0.2) is 11.6 Å². The summed E-state index contributed by atoms with van der Waals surface area (Å²) >= 11 is 0. The van der Waals surface area contributed by atoms with Crippen molar-refractivity contribution in [2.75, 3.05) is 13.7 Å². The highest BCUT2D eigenvalue weighted by Gasteiger charge is 2.30. The number of carbonyl (C=O) groups is 1. The van der Waals surface area contributed by atoms with E-state index in [1.54, 1.807) is 4.90 Å². The molecule has 2 N–H and O–H groups in total. The second kappa shape index (κ2) is 6.22. The van der Waals surface area contributed by atoms with Gasteiger partial charge in [-0.2, -0.15) is 0 Å². The average molecular weight is 280 g/mol. The van der Waals surface area contributed by atoms with Gasteiger partial charge in [0.2, 0.25) is 0 Å². The zero-order valence-electron chi connectivity index (χ0n) is 11.9. The van der Waals surface area contributed by atoms with Gasteiger partial charge in [-0.05, 0) is 44.4 Å². The lowest BCUT2D eigenvalue weighted by molar-refractivity contribution is 0.0583. The van der Waals surface area contributed by atoms with Gasteiger partial charge in [0.05, 0.1) is 7.11 Å². The quantitative estimate of drug-likeness (QED) is 0.923. The fourth-order valence-corrected chi connectivity index (χ4v) is 2.71. The molecular weight excluding hydrogens is 259 g/mol. The van der Waals surface area contributed by atoms with E-state index in [1.165, 1.54) is 25.3 Å². The third kappa shape index (κ3) is 2.93. The Bertz CT molecular complexity index is 491.